The van der Waals surface area contributed by atoms with E-state index < -0.39 is 29.1 Å². The Hall–Kier alpha value is -3.07. The first-order valence-electron chi connectivity index (χ1n) is 8.13. The van der Waals surface area contributed by atoms with Gasteiger partial charge >= 0.3 is 5.97 Å². The average Bonchev–Trinajstić information content (AvgIpc) is 2.64. The maximum atomic E-state index is 12.6. The first kappa shape index (κ1) is 17.7. The number of primary amides is 1. The molecule has 9 heteroatoms. The SMILES string of the molecule is NC(=O)C1(OC(=O)c2cc(-c3ccncc3)n[nH]c2=O)CCC(O)CC1. The molecule has 1 amide bonds. The van der Waals surface area contributed by atoms with Crippen LogP contribution in [0.5, 0.6) is 0 Å². The largest absolute Gasteiger partial charge is 0.445 e. The number of hydrogen-bond donors (Lipinski definition) is 3. The Morgan fingerprint density at radius 1 is 1.27 bits per heavy atom. The molecule has 2 heterocycles. The molecular formula is C17H18N4O5. The van der Waals surface area contributed by atoms with Crippen LogP contribution in [0.15, 0.2) is 35.4 Å². The van der Waals surface area contributed by atoms with Crippen molar-refractivity contribution in [3.05, 3.63) is 46.5 Å². The van der Waals surface area contributed by atoms with Crippen LogP contribution in [-0.4, -0.2) is 43.9 Å². The van der Waals surface area contributed by atoms with Crippen LogP contribution < -0.4 is 11.3 Å². The Bertz CT molecular complexity index is 872. The van der Waals surface area contributed by atoms with Crippen molar-refractivity contribution >= 4 is 11.9 Å². The third-order valence-electron chi connectivity index (χ3n) is 4.50. The van der Waals surface area contributed by atoms with Crippen molar-refractivity contribution in [3.63, 3.8) is 0 Å². The Morgan fingerprint density at radius 3 is 2.54 bits per heavy atom. The number of hydrogen-bond acceptors (Lipinski definition) is 7. The predicted octanol–water partition coefficient (Wildman–Crippen LogP) is 0.148. The smallest absolute Gasteiger partial charge is 0.344 e. The van der Waals surface area contributed by atoms with E-state index in [4.69, 9.17) is 10.5 Å². The fourth-order valence-electron chi connectivity index (χ4n) is 2.93. The number of H-pyrrole nitrogens is 1. The summed E-state index contributed by atoms with van der Waals surface area (Å²) in [5.74, 6) is -1.75. The summed E-state index contributed by atoms with van der Waals surface area (Å²) in [4.78, 5) is 40.4. The maximum Gasteiger partial charge on any atom is 0.344 e. The van der Waals surface area contributed by atoms with Crippen LogP contribution in [0.25, 0.3) is 11.3 Å². The molecule has 2 aromatic rings. The molecule has 0 atom stereocenters. The van der Waals surface area contributed by atoms with E-state index in [0.29, 0.717) is 11.3 Å². The van der Waals surface area contributed by atoms with Crippen molar-refractivity contribution in [3.8, 4) is 11.3 Å². The molecule has 1 saturated carbocycles. The second-order valence-electron chi connectivity index (χ2n) is 6.21. The van der Waals surface area contributed by atoms with Crippen molar-refractivity contribution in [2.75, 3.05) is 0 Å². The van der Waals surface area contributed by atoms with E-state index in [2.05, 4.69) is 15.2 Å². The van der Waals surface area contributed by atoms with E-state index in [1.807, 2.05) is 0 Å². The number of amides is 1. The zero-order valence-corrected chi connectivity index (χ0v) is 13.8. The second kappa shape index (κ2) is 7.04. The first-order chi connectivity index (χ1) is 12.4. The van der Waals surface area contributed by atoms with Crippen molar-refractivity contribution in [1.29, 1.82) is 0 Å². The van der Waals surface area contributed by atoms with Gasteiger partial charge in [-0.15, -0.1) is 0 Å². The first-order valence-corrected chi connectivity index (χ1v) is 8.13. The van der Waals surface area contributed by atoms with Crippen LogP contribution in [0.3, 0.4) is 0 Å². The number of aliphatic hydroxyl groups is 1. The van der Waals surface area contributed by atoms with Crippen LogP contribution >= 0.6 is 0 Å². The number of aromatic amines is 1. The molecule has 1 fully saturated rings. The summed E-state index contributed by atoms with van der Waals surface area (Å²) in [6.07, 6.45) is 3.32. The van der Waals surface area contributed by atoms with Gasteiger partial charge in [0.2, 0.25) is 0 Å². The lowest BCUT2D eigenvalue weighted by Crippen LogP contribution is -2.51. The number of nitrogens with zero attached hydrogens (tertiary/aromatic N) is 2. The monoisotopic (exact) mass is 358 g/mol. The van der Waals surface area contributed by atoms with E-state index >= 15 is 0 Å². The lowest BCUT2D eigenvalue weighted by Gasteiger charge is -2.35. The maximum absolute atomic E-state index is 12.6. The third-order valence-corrected chi connectivity index (χ3v) is 4.50. The molecule has 0 spiro atoms. The van der Waals surface area contributed by atoms with E-state index in [0.717, 1.165) is 0 Å². The van der Waals surface area contributed by atoms with Crippen LogP contribution in [0.1, 0.15) is 36.0 Å². The summed E-state index contributed by atoms with van der Waals surface area (Å²) in [5, 5.41) is 15.8. The van der Waals surface area contributed by atoms with Crippen molar-refractivity contribution in [2.45, 2.75) is 37.4 Å². The molecule has 0 bridgehead atoms. The highest BCUT2D eigenvalue weighted by atomic mass is 16.6. The Morgan fingerprint density at radius 2 is 1.92 bits per heavy atom. The van der Waals surface area contributed by atoms with E-state index in [9.17, 15) is 19.5 Å². The molecule has 0 saturated heterocycles. The minimum Gasteiger partial charge on any atom is -0.445 e. The third kappa shape index (κ3) is 3.47. The molecule has 9 nitrogen and oxygen atoms in total. The Kier molecular flexibility index (Phi) is 4.81. The van der Waals surface area contributed by atoms with Gasteiger partial charge in [-0.2, -0.15) is 5.10 Å². The summed E-state index contributed by atoms with van der Waals surface area (Å²) in [6.45, 7) is 0. The fourth-order valence-corrected chi connectivity index (χ4v) is 2.93. The average molecular weight is 358 g/mol. The van der Waals surface area contributed by atoms with Crippen molar-refractivity contribution in [1.82, 2.24) is 15.2 Å². The molecule has 1 aliphatic carbocycles. The molecule has 136 valence electrons. The fraction of sp³-hybridized carbons (Fsp3) is 0.353. The number of carbonyl (C=O) groups excluding carboxylic acids is 2. The van der Waals surface area contributed by atoms with Crippen LogP contribution in [0, 0.1) is 0 Å². The van der Waals surface area contributed by atoms with E-state index in [-0.39, 0.29) is 31.2 Å². The number of aromatic nitrogens is 3. The molecule has 3 rings (SSSR count). The lowest BCUT2D eigenvalue weighted by atomic mass is 9.82. The quantitative estimate of drug-likeness (QED) is 0.659. The Balaban J connectivity index is 1.90. The van der Waals surface area contributed by atoms with E-state index in [1.54, 1.807) is 24.5 Å². The van der Waals surface area contributed by atoms with E-state index in [1.165, 1.54) is 6.07 Å². The lowest BCUT2D eigenvalue weighted by molar-refractivity contribution is -0.143. The van der Waals surface area contributed by atoms with Gasteiger partial charge in [-0.05, 0) is 43.9 Å². The topological polar surface area (TPSA) is 148 Å². The van der Waals surface area contributed by atoms with Gasteiger partial charge in [-0.25, -0.2) is 9.89 Å². The summed E-state index contributed by atoms with van der Waals surface area (Å²) in [7, 11) is 0. The number of nitrogens with two attached hydrogens (primary N) is 1. The van der Waals surface area contributed by atoms with Gasteiger partial charge in [-0.3, -0.25) is 14.6 Å². The molecule has 1 aliphatic rings. The van der Waals surface area contributed by atoms with Crippen molar-refractivity contribution in [2.24, 2.45) is 5.73 Å². The van der Waals surface area contributed by atoms with Gasteiger partial charge in [0.15, 0.2) is 5.60 Å². The van der Waals surface area contributed by atoms with Crippen LogP contribution in [-0.2, 0) is 9.53 Å². The number of aliphatic hydroxyl groups excluding tert-OH is 1. The highest BCUT2D eigenvalue weighted by Gasteiger charge is 2.44. The number of esters is 1. The molecule has 26 heavy (non-hydrogen) atoms. The van der Waals surface area contributed by atoms with Gasteiger partial charge in [0.05, 0.1) is 11.8 Å². The van der Waals surface area contributed by atoms with Crippen LogP contribution in [0.4, 0.5) is 0 Å². The molecule has 0 radical (unpaired) electrons. The highest BCUT2D eigenvalue weighted by molar-refractivity contribution is 5.94. The van der Waals surface area contributed by atoms with Gasteiger partial charge in [-0.1, -0.05) is 0 Å². The predicted molar refractivity (Wildman–Crippen MR) is 89.9 cm³/mol. The summed E-state index contributed by atoms with van der Waals surface area (Å²) >= 11 is 0. The zero-order chi connectivity index (χ0) is 18.7. The molecule has 0 aliphatic heterocycles. The minimum absolute atomic E-state index is 0.107. The number of rotatable bonds is 4. The zero-order valence-electron chi connectivity index (χ0n) is 13.8. The molecular weight excluding hydrogens is 340 g/mol. The number of nitrogens with one attached hydrogen (secondary N) is 1. The van der Waals surface area contributed by atoms with Gasteiger partial charge in [0, 0.05) is 18.0 Å². The number of ether oxygens (including phenoxy) is 1. The summed E-state index contributed by atoms with van der Waals surface area (Å²) < 4.78 is 5.36. The second-order valence-corrected chi connectivity index (χ2v) is 6.21. The normalized spacial score (nSPS) is 22.6. The van der Waals surface area contributed by atoms with Gasteiger partial charge in [0.1, 0.15) is 5.56 Å². The Labute approximate surface area is 148 Å². The highest BCUT2D eigenvalue weighted by Crippen LogP contribution is 2.32. The van der Waals surface area contributed by atoms with Crippen molar-refractivity contribution < 1.29 is 19.4 Å². The van der Waals surface area contributed by atoms with Gasteiger partial charge in [0.25, 0.3) is 11.5 Å². The summed E-state index contributed by atoms with van der Waals surface area (Å²) in [5.41, 5.74) is 3.89. The standard InChI is InChI=1S/C17H18N4O5/c18-16(25)17(5-1-11(22)2-6-17)26-15(24)12-9-13(20-21-14(12)23)10-3-7-19-8-4-10/h3-4,7-9,11,22H,1-2,5-6H2,(H2,18,25)(H,21,23). The number of carbonyl (C=O) groups is 2. The number of pyridine rings is 1. The molecule has 0 unspecified atom stereocenters. The van der Waals surface area contributed by atoms with Crippen LogP contribution in [0.2, 0.25) is 0 Å². The molecule has 0 aromatic carbocycles. The van der Waals surface area contributed by atoms with Gasteiger partial charge < -0.3 is 15.6 Å². The molecule has 4 N–H and O–H groups in total. The molecule has 2 aromatic heterocycles. The minimum atomic E-state index is -1.52. The summed E-state index contributed by atoms with van der Waals surface area (Å²) in [6, 6.07) is 4.63.